The van der Waals surface area contributed by atoms with Crippen molar-refractivity contribution >= 4 is 23.5 Å². The van der Waals surface area contributed by atoms with Crippen LogP contribution in [0, 0.1) is 12.8 Å². The van der Waals surface area contributed by atoms with Crippen LogP contribution < -0.4 is 15.0 Å². The number of allylic oxidation sites excluding steroid dienone is 1. The van der Waals surface area contributed by atoms with Crippen molar-refractivity contribution in [1.82, 2.24) is 9.47 Å². The number of benzene rings is 2. The molecule has 1 saturated heterocycles. The van der Waals surface area contributed by atoms with E-state index < -0.39 is 0 Å². The maximum Gasteiger partial charge on any atom is 0.250 e. The molecule has 9 heteroatoms. The Morgan fingerprint density at radius 3 is 2.87 bits per heavy atom. The van der Waals surface area contributed by atoms with Gasteiger partial charge in [0.05, 0.1) is 17.7 Å². The van der Waals surface area contributed by atoms with E-state index in [0.717, 1.165) is 30.8 Å². The Morgan fingerprint density at radius 2 is 2.00 bits per heavy atom. The predicted molar refractivity (Wildman–Crippen MR) is 144 cm³/mol. The lowest BCUT2D eigenvalue weighted by Crippen LogP contribution is -2.46. The number of hydrogen-bond acceptors (Lipinski definition) is 7. The molecule has 39 heavy (non-hydrogen) atoms. The summed E-state index contributed by atoms with van der Waals surface area (Å²) in [6.07, 6.45) is 2.69. The van der Waals surface area contributed by atoms with Crippen LogP contribution in [0.1, 0.15) is 50.6 Å². The summed E-state index contributed by atoms with van der Waals surface area (Å²) >= 11 is 6.33. The van der Waals surface area contributed by atoms with Crippen LogP contribution in [0.2, 0.25) is 5.02 Å². The molecule has 200 valence electrons. The summed E-state index contributed by atoms with van der Waals surface area (Å²) in [6, 6.07) is 10.6. The van der Waals surface area contributed by atoms with Gasteiger partial charge < -0.3 is 23.9 Å². The van der Waals surface area contributed by atoms with Crippen molar-refractivity contribution < 1.29 is 24.1 Å². The van der Waals surface area contributed by atoms with E-state index in [9.17, 15) is 14.7 Å². The molecule has 4 aliphatic rings. The summed E-state index contributed by atoms with van der Waals surface area (Å²) in [7, 11) is 0. The van der Waals surface area contributed by atoms with E-state index in [2.05, 4.69) is 4.90 Å². The third-order valence-corrected chi connectivity index (χ3v) is 8.37. The molecule has 0 spiro atoms. The van der Waals surface area contributed by atoms with E-state index in [1.165, 1.54) is 0 Å². The lowest BCUT2D eigenvalue weighted by atomic mass is 9.83. The Labute approximate surface area is 230 Å². The third kappa shape index (κ3) is 4.14. The van der Waals surface area contributed by atoms with Crippen LogP contribution in [0.15, 0.2) is 47.0 Å². The Hall–Kier alpha value is -3.59. The fourth-order valence-corrected chi connectivity index (χ4v) is 6.79. The van der Waals surface area contributed by atoms with Crippen molar-refractivity contribution in [3.63, 3.8) is 0 Å². The highest BCUT2D eigenvalue weighted by Gasteiger charge is 2.38. The smallest absolute Gasteiger partial charge is 0.250 e. The van der Waals surface area contributed by atoms with E-state index in [0.29, 0.717) is 64.4 Å². The number of phenols is 1. The average Bonchev–Trinajstić information content (AvgIpc) is 3.23. The number of fused-ring (bicyclic) bond motifs is 6. The number of aromatic nitrogens is 1. The van der Waals surface area contributed by atoms with Gasteiger partial charge in [-0.3, -0.25) is 14.5 Å². The first-order valence-electron chi connectivity index (χ1n) is 13.1. The third-order valence-electron chi connectivity index (χ3n) is 8.15. The minimum Gasteiger partial charge on any atom is -0.507 e. The molecule has 1 N–H and O–H groups in total. The number of carbonyl (C=O) groups is 1. The van der Waals surface area contributed by atoms with Gasteiger partial charge in [-0.1, -0.05) is 17.7 Å². The zero-order chi connectivity index (χ0) is 26.8. The quantitative estimate of drug-likeness (QED) is 0.479. The van der Waals surface area contributed by atoms with Crippen molar-refractivity contribution in [2.24, 2.45) is 5.92 Å². The highest BCUT2D eigenvalue weighted by molar-refractivity contribution is 6.31. The molecule has 2 aromatic carbocycles. The van der Waals surface area contributed by atoms with Gasteiger partial charge in [0.2, 0.25) is 5.78 Å². The molecular weight excluding hydrogens is 520 g/mol. The lowest BCUT2D eigenvalue weighted by molar-refractivity contribution is -0.0165. The Morgan fingerprint density at radius 1 is 1.13 bits per heavy atom. The maximum absolute atomic E-state index is 13.5. The van der Waals surface area contributed by atoms with Crippen molar-refractivity contribution in [3.05, 3.63) is 91.0 Å². The second-order valence-electron chi connectivity index (χ2n) is 10.8. The standard InChI is InChI=1S/C30H27ClN2O6/c1-16-5-24(34)22(13-32-10-17-6-19(12-32)23-3-2-4-26(35)33(23)11-17)30-27(16)28(36)25(39-30)9-18-7-21(31)8-20-14-37-15-38-29(18)20/h2-5,7-9,17,19,34H,6,10-15H2,1H3/b25-9+/t17-,19+/m0/s1. The highest BCUT2D eigenvalue weighted by Crippen LogP contribution is 2.44. The zero-order valence-corrected chi connectivity index (χ0v) is 22.2. The number of carbonyl (C=O) groups excluding carboxylic acids is 1. The van der Waals surface area contributed by atoms with Gasteiger partial charge in [0.25, 0.3) is 5.56 Å². The Kier molecular flexibility index (Phi) is 5.80. The first-order valence-corrected chi connectivity index (χ1v) is 13.5. The molecule has 0 aliphatic carbocycles. The number of likely N-dealkylation sites (tertiary alicyclic amines) is 1. The van der Waals surface area contributed by atoms with Crippen LogP contribution >= 0.6 is 11.6 Å². The minimum absolute atomic E-state index is 0.0507. The number of ether oxygens (including phenoxy) is 3. The Bertz CT molecular complexity index is 1630. The van der Waals surface area contributed by atoms with Crippen LogP contribution in [0.25, 0.3) is 6.08 Å². The molecule has 0 saturated carbocycles. The number of Topliss-reactive ketones (excluding diaryl/α,β-unsaturated/α-hetero) is 1. The molecule has 2 atom stereocenters. The molecule has 1 aromatic heterocycles. The number of phenolic OH excluding ortho intramolecular Hbond substituents is 1. The number of piperidine rings is 1. The van der Waals surface area contributed by atoms with Crippen molar-refractivity contribution in [1.29, 1.82) is 0 Å². The average molecular weight is 547 g/mol. The number of nitrogens with zero attached hydrogens (tertiary/aromatic N) is 2. The summed E-state index contributed by atoms with van der Waals surface area (Å²) in [6.45, 7) is 4.97. The Balaban J connectivity index is 1.21. The topological polar surface area (TPSA) is 90.2 Å². The van der Waals surface area contributed by atoms with E-state index in [4.69, 9.17) is 25.8 Å². The van der Waals surface area contributed by atoms with Gasteiger partial charge >= 0.3 is 0 Å². The number of hydrogen-bond donors (Lipinski definition) is 1. The van der Waals surface area contributed by atoms with Crippen LogP contribution in [-0.2, 0) is 24.4 Å². The molecule has 5 heterocycles. The van der Waals surface area contributed by atoms with Gasteiger partial charge in [-0.25, -0.2) is 0 Å². The molecule has 1 fully saturated rings. The summed E-state index contributed by atoms with van der Waals surface area (Å²) in [5.74, 6) is 1.61. The molecule has 4 aliphatic heterocycles. The predicted octanol–water partition coefficient (Wildman–Crippen LogP) is 4.62. The first kappa shape index (κ1) is 24.5. The van der Waals surface area contributed by atoms with Crippen molar-refractivity contribution in [3.8, 4) is 17.2 Å². The van der Waals surface area contributed by atoms with Gasteiger partial charge in [-0.15, -0.1) is 0 Å². The fraction of sp³-hybridized carbons (Fsp3) is 0.333. The number of rotatable bonds is 3. The molecule has 0 amide bonds. The number of ketones is 1. The zero-order valence-electron chi connectivity index (χ0n) is 21.4. The maximum atomic E-state index is 13.5. The van der Waals surface area contributed by atoms with Crippen LogP contribution in [-0.4, -0.2) is 40.2 Å². The highest BCUT2D eigenvalue weighted by atomic mass is 35.5. The molecule has 0 unspecified atom stereocenters. The second-order valence-corrected chi connectivity index (χ2v) is 11.3. The van der Waals surface area contributed by atoms with E-state index in [-0.39, 0.29) is 35.6 Å². The van der Waals surface area contributed by atoms with Crippen molar-refractivity contribution in [2.45, 2.75) is 39.0 Å². The van der Waals surface area contributed by atoms with Gasteiger partial charge in [0.1, 0.15) is 17.2 Å². The van der Waals surface area contributed by atoms with Gasteiger partial charge in [-0.05, 0) is 55.2 Å². The van der Waals surface area contributed by atoms with Crippen LogP contribution in [0.5, 0.6) is 17.2 Å². The summed E-state index contributed by atoms with van der Waals surface area (Å²) < 4.78 is 19.2. The SMILES string of the molecule is Cc1cc(O)c(CN2C[C@@H]3C[C@H](C2)c2cccc(=O)n2C3)c2c1C(=O)/C(=C\c1cc(Cl)cc3c1OCOC3)O2. The molecular formula is C30H27ClN2O6. The number of pyridine rings is 1. The van der Waals surface area contributed by atoms with Gasteiger partial charge in [0, 0.05) is 60.0 Å². The van der Waals surface area contributed by atoms with Crippen LogP contribution in [0.3, 0.4) is 0 Å². The second kappa shape index (κ2) is 9.26. The molecule has 7 rings (SSSR count). The largest absolute Gasteiger partial charge is 0.507 e. The van der Waals surface area contributed by atoms with Crippen LogP contribution in [0.4, 0.5) is 0 Å². The number of aromatic hydroxyl groups is 1. The van der Waals surface area contributed by atoms with E-state index in [1.807, 2.05) is 16.7 Å². The van der Waals surface area contributed by atoms with E-state index in [1.54, 1.807) is 37.3 Å². The molecule has 8 nitrogen and oxygen atoms in total. The first-order chi connectivity index (χ1) is 18.9. The summed E-state index contributed by atoms with van der Waals surface area (Å²) in [5, 5.41) is 11.5. The molecule has 3 aromatic rings. The number of aryl methyl sites for hydroxylation is 1. The number of halogens is 1. The monoisotopic (exact) mass is 546 g/mol. The van der Waals surface area contributed by atoms with Gasteiger partial charge in [-0.2, -0.15) is 0 Å². The van der Waals surface area contributed by atoms with Crippen molar-refractivity contribution in [2.75, 3.05) is 19.9 Å². The van der Waals surface area contributed by atoms with Gasteiger partial charge in [0.15, 0.2) is 12.6 Å². The normalized spacial score (nSPS) is 22.6. The minimum atomic E-state index is -0.242. The molecule has 2 bridgehead atoms. The lowest BCUT2D eigenvalue weighted by Gasteiger charge is -2.43. The summed E-state index contributed by atoms with van der Waals surface area (Å²) in [4.78, 5) is 28.2. The fourth-order valence-electron chi connectivity index (χ4n) is 6.54. The summed E-state index contributed by atoms with van der Waals surface area (Å²) in [5.41, 5.74) is 4.27. The van der Waals surface area contributed by atoms with E-state index >= 15 is 0 Å². The molecule has 0 radical (unpaired) electrons.